The van der Waals surface area contributed by atoms with Crippen LogP contribution in [-0.2, 0) is 9.53 Å². The highest BCUT2D eigenvalue weighted by Crippen LogP contribution is 2.31. The molecular weight excluding hydrogens is 432 g/mol. The molecule has 3 aromatic rings. The number of fused-ring (bicyclic) bond motifs is 1. The maximum Gasteiger partial charge on any atom is 0.263 e. The van der Waals surface area contributed by atoms with Crippen LogP contribution in [0, 0.1) is 5.92 Å². The molecule has 1 N–H and O–H groups in total. The molecule has 2 saturated heterocycles. The van der Waals surface area contributed by atoms with E-state index in [4.69, 9.17) is 9.72 Å². The minimum Gasteiger partial charge on any atom is -0.378 e. The summed E-state index contributed by atoms with van der Waals surface area (Å²) in [6.45, 7) is 4.33. The quantitative estimate of drug-likeness (QED) is 0.648. The second-order valence-electron chi connectivity index (χ2n) is 7.84. The van der Waals surface area contributed by atoms with Crippen molar-refractivity contribution in [3.8, 4) is 0 Å². The average Bonchev–Trinajstić information content (AvgIpc) is 3.49. The summed E-state index contributed by atoms with van der Waals surface area (Å²) in [6, 6.07) is 9.57. The number of morpholine rings is 1. The number of thiophene rings is 1. The van der Waals surface area contributed by atoms with E-state index in [0.717, 1.165) is 65.1 Å². The summed E-state index contributed by atoms with van der Waals surface area (Å²) in [5.41, 5.74) is 1.71. The number of thiazole rings is 1. The first-order valence-corrected chi connectivity index (χ1v) is 12.2. The zero-order valence-electron chi connectivity index (χ0n) is 17.1. The van der Waals surface area contributed by atoms with Crippen molar-refractivity contribution in [2.45, 2.75) is 12.8 Å². The van der Waals surface area contributed by atoms with Gasteiger partial charge < -0.3 is 19.9 Å². The summed E-state index contributed by atoms with van der Waals surface area (Å²) < 4.78 is 6.48. The first-order valence-electron chi connectivity index (χ1n) is 10.5. The van der Waals surface area contributed by atoms with Crippen LogP contribution in [0.1, 0.15) is 22.5 Å². The molecule has 0 bridgehead atoms. The molecule has 0 aliphatic carbocycles. The monoisotopic (exact) mass is 456 g/mol. The van der Waals surface area contributed by atoms with E-state index in [2.05, 4.69) is 10.2 Å². The van der Waals surface area contributed by atoms with Crippen LogP contribution in [0.3, 0.4) is 0 Å². The number of likely N-dealkylation sites (tertiary alicyclic amines) is 1. The van der Waals surface area contributed by atoms with Gasteiger partial charge in [-0.25, -0.2) is 4.98 Å². The van der Waals surface area contributed by atoms with Crippen LogP contribution in [0.2, 0.25) is 0 Å². The number of carbonyl (C=O) groups is 2. The molecule has 5 rings (SSSR count). The summed E-state index contributed by atoms with van der Waals surface area (Å²) in [4.78, 5) is 35.1. The van der Waals surface area contributed by atoms with Crippen molar-refractivity contribution in [3.63, 3.8) is 0 Å². The van der Waals surface area contributed by atoms with Crippen molar-refractivity contribution < 1.29 is 14.3 Å². The number of benzene rings is 1. The number of nitrogens with one attached hydrogen (secondary N) is 1. The Kier molecular flexibility index (Phi) is 5.89. The predicted octanol–water partition coefficient (Wildman–Crippen LogP) is 3.69. The number of hydrogen-bond acceptors (Lipinski definition) is 7. The first kappa shape index (κ1) is 20.4. The largest absolute Gasteiger partial charge is 0.378 e. The lowest BCUT2D eigenvalue weighted by Crippen LogP contribution is -2.43. The fourth-order valence-electron chi connectivity index (χ4n) is 4.06. The van der Waals surface area contributed by atoms with E-state index in [-0.39, 0.29) is 17.7 Å². The number of ether oxygens (including phenoxy) is 1. The van der Waals surface area contributed by atoms with Gasteiger partial charge in [0.15, 0.2) is 5.13 Å². The Morgan fingerprint density at radius 1 is 1.16 bits per heavy atom. The molecule has 0 radical (unpaired) electrons. The van der Waals surface area contributed by atoms with Crippen LogP contribution in [0.4, 0.5) is 10.8 Å². The minimum absolute atomic E-state index is 0.0224. The van der Waals surface area contributed by atoms with Gasteiger partial charge in [0.05, 0.1) is 34.2 Å². The van der Waals surface area contributed by atoms with Gasteiger partial charge in [0.25, 0.3) is 5.91 Å². The molecular formula is C22H24N4O3S2. The maximum atomic E-state index is 12.9. The predicted molar refractivity (Wildman–Crippen MR) is 124 cm³/mol. The van der Waals surface area contributed by atoms with Crippen molar-refractivity contribution in [2.24, 2.45) is 5.92 Å². The molecule has 1 aromatic carbocycles. The van der Waals surface area contributed by atoms with Gasteiger partial charge in [-0.3, -0.25) is 9.59 Å². The van der Waals surface area contributed by atoms with Gasteiger partial charge in [-0.05, 0) is 42.5 Å². The number of amides is 2. The molecule has 9 heteroatoms. The van der Waals surface area contributed by atoms with Crippen molar-refractivity contribution in [1.29, 1.82) is 0 Å². The Labute approximate surface area is 188 Å². The number of aromatic nitrogens is 1. The standard InChI is InChI=1S/C22H24N4O3S2/c27-20(15-3-1-7-26(14-15)21(28)18-4-2-12-30-18)23-16-5-6-17-19(13-16)31-22(24-17)25-8-10-29-11-9-25/h2,4-6,12-13,15H,1,3,7-11,14H2,(H,23,27). The molecule has 2 fully saturated rings. The highest BCUT2D eigenvalue weighted by molar-refractivity contribution is 7.22. The van der Waals surface area contributed by atoms with Crippen molar-refractivity contribution >= 4 is 55.5 Å². The number of nitrogens with zero attached hydrogens (tertiary/aromatic N) is 3. The van der Waals surface area contributed by atoms with Gasteiger partial charge in [0, 0.05) is 31.9 Å². The van der Waals surface area contributed by atoms with Crippen LogP contribution in [-0.4, -0.2) is 61.1 Å². The molecule has 2 aromatic heterocycles. The Balaban J connectivity index is 1.25. The van der Waals surface area contributed by atoms with Gasteiger partial charge in [0.1, 0.15) is 0 Å². The molecule has 31 heavy (non-hydrogen) atoms. The van der Waals surface area contributed by atoms with E-state index in [0.29, 0.717) is 13.1 Å². The van der Waals surface area contributed by atoms with Crippen molar-refractivity contribution in [1.82, 2.24) is 9.88 Å². The van der Waals surface area contributed by atoms with Crippen LogP contribution < -0.4 is 10.2 Å². The molecule has 2 amide bonds. The van der Waals surface area contributed by atoms with Gasteiger partial charge >= 0.3 is 0 Å². The SMILES string of the molecule is O=C(Nc1ccc2nc(N3CCOCC3)sc2c1)C1CCCN(C(=O)c2cccs2)C1. The van der Waals surface area contributed by atoms with E-state index in [1.54, 1.807) is 16.2 Å². The number of rotatable bonds is 4. The smallest absolute Gasteiger partial charge is 0.263 e. The zero-order chi connectivity index (χ0) is 21.2. The second-order valence-corrected chi connectivity index (χ2v) is 9.79. The molecule has 1 atom stereocenters. The lowest BCUT2D eigenvalue weighted by molar-refractivity contribution is -0.121. The summed E-state index contributed by atoms with van der Waals surface area (Å²) in [7, 11) is 0. The number of hydrogen-bond donors (Lipinski definition) is 1. The lowest BCUT2D eigenvalue weighted by atomic mass is 9.97. The van der Waals surface area contributed by atoms with E-state index in [9.17, 15) is 9.59 Å². The van der Waals surface area contributed by atoms with E-state index in [1.165, 1.54) is 11.3 Å². The van der Waals surface area contributed by atoms with Gasteiger partial charge in [0.2, 0.25) is 5.91 Å². The third-order valence-electron chi connectivity index (χ3n) is 5.74. The summed E-state index contributed by atoms with van der Waals surface area (Å²) in [5, 5.41) is 5.96. The molecule has 7 nitrogen and oxygen atoms in total. The fraction of sp³-hybridized carbons (Fsp3) is 0.409. The van der Waals surface area contributed by atoms with E-state index < -0.39 is 0 Å². The highest BCUT2D eigenvalue weighted by Gasteiger charge is 2.29. The molecule has 162 valence electrons. The molecule has 2 aliphatic rings. The van der Waals surface area contributed by atoms with Crippen LogP contribution in [0.5, 0.6) is 0 Å². The maximum absolute atomic E-state index is 12.9. The average molecular weight is 457 g/mol. The van der Waals surface area contributed by atoms with Gasteiger partial charge in [-0.2, -0.15) is 0 Å². The van der Waals surface area contributed by atoms with E-state index >= 15 is 0 Å². The summed E-state index contributed by atoms with van der Waals surface area (Å²) >= 11 is 3.08. The number of piperidine rings is 1. The Hall–Kier alpha value is -2.49. The van der Waals surface area contributed by atoms with Gasteiger partial charge in [-0.1, -0.05) is 17.4 Å². The van der Waals surface area contributed by atoms with Crippen LogP contribution in [0.25, 0.3) is 10.2 Å². The van der Waals surface area contributed by atoms with Crippen LogP contribution >= 0.6 is 22.7 Å². The van der Waals surface area contributed by atoms with Crippen molar-refractivity contribution in [3.05, 3.63) is 40.6 Å². The lowest BCUT2D eigenvalue weighted by Gasteiger charge is -2.31. The normalized spacial score (nSPS) is 19.5. The topological polar surface area (TPSA) is 74.8 Å². The zero-order valence-corrected chi connectivity index (χ0v) is 18.7. The molecule has 1 unspecified atom stereocenters. The Morgan fingerprint density at radius 2 is 2.03 bits per heavy atom. The Bertz CT molecular complexity index is 1080. The third kappa shape index (κ3) is 4.44. The fourth-order valence-corrected chi connectivity index (χ4v) is 5.80. The number of carbonyl (C=O) groups excluding carboxylic acids is 2. The molecule has 2 aliphatic heterocycles. The molecule has 4 heterocycles. The molecule has 0 spiro atoms. The molecule has 0 saturated carbocycles. The minimum atomic E-state index is -0.196. The third-order valence-corrected chi connectivity index (χ3v) is 7.67. The first-order chi connectivity index (χ1) is 15.2. The summed E-state index contributed by atoms with van der Waals surface area (Å²) in [6.07, 6.45) is 1.63. The number of anilines is 2. The summed E-state index contributed by atoms with van der Waals surface area (Å²) in [5.74, 6) is -0.200. The Morgan fingerprint density at radius 3 is 2.84 bits per heavy atom. The van der Waals surface area contributed by atoms with Gasteiger partial charge in [-0.15, -0.1) is 11.3 Å². The second kappa shape index (κ2) is 8.94. The van der Waals surface area contributed by atoms with Crippen LogP contribution in [0.15, 0.2) is 35.7 Å². The highest BCUT2D eigenvalue weighted by atomic mass is 32.1. The van der Waals surface area contributed by atoms with E-state index in [1.807, 2.05) is 35.7 Å². The van der Waals surface area contributed by atoms with Crippen molar-refractivity contribution in [2.75, 3.05) is 49.6 Å².